The van der Waals surface area contributed by atoms with Crippen LogP contribution in [0, 0.1) is 5.92 Å². The first-order chi connectivity index (χ1) is 7.25. The molecule has 82 valence electrons. The molecule has 1 aliphatic heterocycles. The van der Waals surface area contributed by atoms with Crippen molar-refractivity contribution in [3.8, 4) is 0 Å². The number of nitrogens with zero attached hydrogens (tertiary/aromatic N) is 1. The van der Waals surface area contributed by atoms with E-state index in [1.807, 2.05) is 11.8 Å². The van der Waals surface area contributed by atoms with Crippen molar-refractivity contribution < 1.29 is 0 Å². The quantitative estimate of drug-likeness (QED) is 0.788. The molecule has 1 unspecified atom stereocenters. The van der Waals surface area contributed by atoms with Gasteiger partial charge >= 0.3 is 0 Å². The summed E-state index contributed by atoms with van der Waals surface area (Å²) in [5.41, 5.74) is 6.41. The lowest BCUT2D eigenvalue weighted by atomic mass is 9.99. The SMILES string of the molecule is Nc1cc(CC2CCCSC2)n[nH]c1=O. The van der Waals surface area contributed by atoms with Crippen molar-refractivity contribution in [1.29, 1.82) is 0 Å². The Morgan fingerprint density at radius 1 is 1.67 bits per heavy atom. The molecule has 0 aliphatic carbocycles. The van der Waals surface area contributed by atoms with Crippen molar-refractivity contribution >= 4 is 17.4 Å². The van der Waals surface area contributed by atoms with E-state index in [1.165, 1.54) is 24.3 Å². The van der Waals surface area contributed by atoms with Gasteiger partial charge in [-0.2, -0.15) is 16.9 Å². The Bertz CT molecular complexity index is 384. The van der Waals surface area contributed by atoms with Gasteiger partial charge in [0.15, 0.2) is 0 Å². The largest absolute Gasteiger partial charge is 0.394 e. The van der Waals surface area contributed by atoms with Gasteiger partial charge in [-0.05, 0) is 42.8 Å². The smallest absolute Gasteiger partial charge is 0.287 e. The van der Waals surface area contributed by atoms with E-state index < -0.39 is 0 Å². The van der Waals surface area contributed by atoms with E-state index in [-0.39, 0.29) is 11.2 Å². The molecule has 0 amide bonds. The lowest BCUT2D eigenvalue weighted by molar-refractivity contribution is 0.512. The minimum atomic E-state index is -0.295. The Labute approximate surface area is 92.6 Å². The number of hydrogen-bond acceptors (Lipinski definition) is 4. The Kier molecular flexibility index (Phi) is 3.30. The highest BCUT2D eigenvalue weighted by Crippen LogP contribution is 2.24. The summed E-state index contributed by atoms with van der Waals surface area (Å²) in [4.78, 5) is 11.0. The molecule has 0 saturated carbocycles. The van der Waals surface area contributed by atoms with Crippen molar-refractivity contribution in [3.63, 3.8) is 0 Å². The molecule has 4 nitrogen and oxygen atoms in total. The van der Waals surface area contributed by atoms with Crippen molar-refractivity contribution in [1.82, 2.24) is 10.2 Å². The molecular formula is C10H15N3OS. The van der Waals surface area contributed by atoms with Gasteiger partial charge in [0, 0.05) is 0 Å². The number of thioether (sulfide) groups is 1. The third-order valence-corrected chi connectivity index (χ3v) is 3.92. The number of nitrogens with two attached hydrogens (primary N) is 1. The number of nitrogen functional groups attached to an aromatic ring is 1. The standard InChI is InChI=1S/C10H15N3OS/c11-9-5-8(12-13-10(9)14)4-7-2-1-3-15-6-7/h5,7H,1-4,6H2,(H2,11,12)(H,13,14). The molecule has 0 radical (unpaired) electrons. The molecule has 3 N–H and O–H groups in total. The van der Waals surface area contributed by atoms with Gasteiger partial charge in [0.25, 0.3) is 5.56 Å². The molecule has 0 bridgehead atoms. The number of rotatable bonds is 2. The average Bonchev–Trinajstić information content (AvgIpc) is 2.25. The fourth-order valence-electron chi connectivity index (χ4n) is 1.83. The summed E-state index contributed by atoms with van der Waals surface area (Å²) in [5, 5.41) is 6.43. The predicted octanol–water partition coefficient (Wildman–Crippen LogP) is 1.04. The van der Waals surface area contributed by atoms with Gasteiger partial charge in [0.1, 0.15) is 5.69 Å². The molecule has 1 aromatic heterocycles. The summed E-state index contributed by atoms with van der Waals surface area (Å²) in [6, 6.07) is 1.69. The van der Waals surface area contributed by atoms with Crippen molar-refractivity contribution in [2.75, 3.05) is 17.2 Å². The molecule has 2 heterocycles. The van der Waals surface area contributed by atoms with E-state index in [0.717, 1.165) is 12.1 Å². The van der Waals surface area contributed by atoms with Gasteiger partial charge in [-0.25, -0.2) is 5.10 Å². The third kappa shape index (κ3) is 2.75. The van der Waals surface area contributed by atoms with Gasteiger partial charge < -0.3 is 5.73 Å². The summed E-state index contributed by atoms with van der Waals surface area (Å²) in [7, 11) is 0. The molecule has 0 spiro atoms. The first-order valence-corrected chi connectivity index (χ1v) is 6.33. The average molecular weight is 225 g/mol. The molecule has 0 aromatic carbocycles. The molecule has 1 aromatic rings. The predicted molar refractivity (Wildman–Crippen MR) is 63.0 cm³/mol. The number of hydrogen-bond donors (Lipinski definition) is 2. The number of aromatic nitrogens is 2. The van der Waals surface area contributed by atoms with Crippen LogP contribution in [0.15, 0.2) is 10.9 Å². The van der Waals surface area contributed by atoms with Gasteiger partial charge in [-0.15, -0.1) is 0 Å². The second kappa shape index (κ2) is 4.70. The monoisotopic (exact) mass is 225 g/mol. The van der Waals surface area contributed by atoms with E-state index in [4.69, 9.17) is 5.73 Å². The Balaban J connectivity index is 2.03. The van der Waals surface area contributed by atoms with Crippen molar-refractivity contribution in [2.45, 2.75) is 19.3 Å². The summed E-state index contributed by atoms with van der Waals surface area (Å²) in [6.45, 7) is 0. The van der Waals surface area contributed by atoms with E-state index in [9.17, 15) is 4.79 Å². The highest BCUT2D eigenvalue weighted by molar-refractivity contribution is 7.99. The fourth-order valence-corrected chi connectivity index (χ4v) is 2.99. The molecule has 15 heavy (non-hydrogen) atoms. The van der Waals surface area contributed by atoms with Crippen LogP contribution in [0.1, 0.15) is 18.5 Å². The van der Waals surface area contributed by atoms with E-state index in [2.05, 4.69) is 10.2 Å². The van der Waals surface area contributed by atoms with E-state index in [1.54, 1.807) is 6.07 Å². The fraction of sp³-hybridized carbons (Fsp3) is 0.600. The Morgan fingerprint density at radius 2 is 2.53 bits per heavy atom. The van der Waals surface area contributed by atoms with Crippen LogP contribution in [0.3, 0.4) is 0 Å². The number of anilines is 1. The lowest BCUT2D eigenvalue weighted by Gasteiger charge is -2.20. The second-order valence-electron chi connectivity index (χ2n) is 3.93. The first kappa shape index (κ1) is 10.5. The molecule has 1 atom stereocenters. The molecule has 5 heteroatoms. The second-order valence-corrected chi connectivity index (χ2v) is 5.08. The Morgan fingerprint density at radius 3 is 3.20 bits per heavy atom. The molecular weight excluding hydrogens is 210 g/mol. The summed E-state index contributed by atoms with van der Waals surface area (Å²) < 4.78 is 0. The van der Waals surface area contributed by atoms with Crippen LogP contribution in [0.2, 0.25) is 0 Å². The van der Waals surface area contributed by atoms with Crippen LogP contribution in [0.4, 0.5) is 5.69 Å². The van der Waals surface area contributed by atoms with E-state index >= 15 is 0 Å². The van der Waals surface area contributed by atoms with Gasteiger partial charge in [-0.1, -0.05) is 0 Å². The minimum Gasteiger partial charge on any atom is -0.394 e. The highest BCUT2D eigenvalue weighted by atomic mass is 32.2. The minimum absolute atomic E-state index is 0.267. The maximum absolute atomic E-state index is 11.0. The number of aromatic amines is 1. The van der Waals surface area contributed by atoms with E-state index in [0.29, 0.717) is 5.92 Å². The van der Waals surface area contributed by atoms with Gasteiger partial charge in [0.2, 0.25) is 0 Å². The first-order valence-electron chi connectivity index (χ1n) is 5.17. The Hall–Kier alpha value is -0.970. The zero-order valence-electron chi connectivity index (χ0n) is 8.53. The van der Waals surface area contributed by atoms with Crippen LogP contribution in [-0.4, -0.2) is 21.7 Å². The van der Waals surface area contributed by atoms with Crippen LogP contribution in [0.25, 0.3) is 0 Å². The van der Waals surface area contributed by atoms with Gasteiger partial charge in [-0.3, -0.25) is 4.79 Å². The number of H-pyrrole nitrogens is 1. The van der Waals surface area contributed by atoms with Crippen LogP contribution < -0.4 is 11.3 Å². The van der Waals surface area contributed by atoms with Gasteiger partial charge in [0.05, 0.1) is 5.69 Å². The maximum atomic E-state index is 11.0. The summed E-state index contributed by atoms with van der Waals surface area (Å²) in [6.07, 6.45) is 3.47. The lowest BCUT2D eigenvalue weighted by Crippen LogP contribution is -2.18. The zero-order valence-corrected chi connectivity index (χ0v) is 9.35. The summed E-state index contributed by atoms with van der Waals surface area (Å²) in [5.74, 6) is 3.15. The highest BCUT2D eigenvalue weighted by Gasteiger charge is 2.15. The van der Waals surface area contributed by atoms with Crippen molar-refractivity contribution in [3.05, 3.63) is 22.1 Å². The third-order valence-electron chi connectivity index (χ3n) is 2.64. The topological polar surface area (TPSA) is 71.8 Å². The number of nitrogens with one attached hydrogen (secondary N) is 1. The van der Waals surface area contributed by atoms with Crippen LogP contribution in [0.5, 0.6) is 0 Å². The molecule has 2 rings (SSSR count). The zero-order chi connectivity index (χ0) is 10.7. The molecule has 1 saturated heterocycles. The van der Waals surface area contributed by atoms with Crippen LogP contribution in [-0.2, 0) is 6.42 Å². The molecule has 1 fully saturated rings. The normalized spacial score (nSPS) is 21.5. The molecule has 1 aliphatic rings. The van der Waals surface area contributed by atoms with Crippen molar-refractivity contribution in [2.24, 2.45) is 5.92 Å². The van der Waals surface area contributed by atoms with Crippen LogP contribution >= 0.6 is 11.8 Å². The summed E-state index contributed by atoms with van der Waals surface area (Å²) >= 11 is 2.00. The maximum Gasteiger partial charge on any atom is 0.287 e.